The molecule has 3 heteroatoms. The van der Waals surface area contributed by atoms with Gasteiger partial charge >= 0.3 is 0 Å². The molecule has 1 aliphatic heterocycles. The smallest absolute Gasteiger partial charge is 0.0666 e. The van der Waals surface area contributed by atoms with E-state index < -0.39 is 0 Å². The Balaban J connectivity index is 1.64. The molecule has 2 unspecified atom stereocenters. The first kappa shape index (κ1) is 12.8. The summed E-state index contributed by atoms with van der Waals surface area (Å²) in [4.78, 5) is 0. The molecule has 1 aliphatic rings. The third-order valence-corrected chi connectivity index (χ3v) is 4.80. The Morgan fingerprint density at radius 2 is 2.12 bits per heavy atom. The van der Waals surface area contributed by atoms with Crippen molar-refractivity contribution in [1.82, 2.24) is 0 Å². The van der Waals surface area contributed by atoms with Crippen molar-refractivity contribution in [1.29, 1.82) is 0 Å². The summed E-state index contributed by atoms with van der Waals surface area (Å²) in [6, 6.07) is 8.22. The van der Waals surface area contributed by atoms with Gasteiger partial charge in [-0.15, -0.1) is 0 Å². The van der Waals surface area contributed by atoms with Gasteiger partial charge in [-0.25, -0.2) is 0 Å². The molecule has 2 nitrogen and oxygen atoms in total. The van der Waals surface area contributed by atoms with E-state index in [1.807, 2.05) is 12.1 Å². The molecule has 0 aliphatic carbocycles. The second-order valence-electron chi connectivity index (χ2n) is 4.62. The molecule has 0 saturated carbocycles. The highest BCUT2D eigenvalue weighted by Gasteiger charge is 2.23. The van der Waals surface area contributed by atoms with E-state index in [9.17, 15) is 0 Å². The van der Waals surface area contributed by atoms with Gasteiger partial charge in [-0.05, 0) is 49.6 Å². The first-order valence-corrected chi connectivity index (χ1v) is 7.38. The number of rotatable bonds is 5. The zero-order chi connectivity index (χ0) is 12.1. The van der Waals surface area contributed by atoms with Gasteiger partial charge in [-0.1, -0.05) is 12.1 Å². The minimum Gasteiger partial charge on any atom is -0.399 e. The fourth-order valence-electron chi connectivity index (χ4n) is 2.13. The lowest BCUT2D eigenvalue weighted by molar-refractivity contribution is 0.127. The number of thioether (sulfide) groups is 1. The van der Waals surface area contributed by atoms with Crippen molar-refractivity contribution in [3.8, 4) is 0 Å². The highest BCUT2D eigenvalue weighted by Crippen LogP contribution is 2.26. The fourth-order valence-corrected chi connectivity index (χ4v) is 3.35. The molecule has 2 N–H and O–H groups in total. The summed E-state index contributed by atoms with van der Waals surface area (Å²) >= 11 is 2.06. The lowest BCUT2D eigenvalue weighted by atomic mass is 10.1. The van der Waals surface area contributed by atoms with Crippen LogP contribution in [0.25, 0.3) is 0 Å². The zero-order valence-corrected chi connectivity index (χ0v) is 11.2. The molecule has 2 rings (SSSR count). The third kappa shape index (κ3) is 3.93. The monoisotopic (exact) mass is 251 g/mol. The maximum atomic E-state index is 5.66. The van der Waals surface area contributed by atoms with Gasteiger partial charge in [0, 0.05) is 17.5 Å². The molecule has 1 aromatic rings. The van der Waals surface area contributed by atoms with Crippen LogP contribution in [0.5, 0.6) is 0 Å². The Kier molecular flexibility index (Phi) is 4.75. The number of ether oxygens (including phenoxy) is 1. The average molecular weight is 251 g/mol. The van der Waals surface area contributed by atoms with Gasteiger partial charge in [0.2, 0.25) is 0 Å². The van der Waals surface area contributed by atoms with Crippen molar-refractivity contribution >= 4 is 17.4 Å². The van der Waals surface area contributed by atoms with E-state index in [1.165, 1.54) is 24.2 Å². The average Bonchev–Trinajstić information content (AvgIpc) is 2.73. The summed E-state index contributed by atoms with van der Waals surface area (Å²) in [5, 5.41) is 0.710. The van der Waals surface area contributed by atoms with Crippen LogP contribution in [0.3, 0.4) is 0 Å². The Hall–Kier alpha value is -0.670. The maximum absolute atomic E-state index is 5.66. The number of nitrogens with two attached hydrogens (primary N) is 1. The molecule has 2 atom stereocenters. The quantitative estimate of drug-likeness (QED) is 0.645. The summed E-state index contributed by atoms with van der Waals surface area (Å²) in [6.07, 6.45) is 4.04. The van der Waals surface area contributed by atoms with Crippen molar-refractivity contribution in [2.75, 3.05) is 18.1 Å². The third-order valence-electron chi connectivity index (χ3n) is 3.23. The van der Waals surface area contributed by atoms with Crippen LogP contribution in [0.4, 0.5) is 5.69 Å². The summed E-state index contributed by atoms with van der Waals surface area (Å²) in [7, 11) is 0. The van der Waals surface area contributed by atoms with Crippen LogP contribution in [0.2, 0.25) is 0 Å². The first-order chi connectivity index (χ1) is 8.25. The first-order valence-electron chi connectivity index (χ1n) is 6.33. The highest BCUT2D eigenvalue weighted by atomic mass is 32.2. The van der Waals surface area contributed by atoms with Crippen molar-refractivity contribution in [2.45, 2.75) is 37.5 Å². The highest BCUT2D eigenvalue weighted by molar-refractivity contribution is 7.99. The van der Waals surface area contributed by atoms with Crippen molar-refractivity contribution in [3.63, 3.8) is 0 Å². The molecule has 1 saturated heterocycles. The van der Waals surface area contributed by atoms with E-state index in [0.29, 0.717) is 11.4 Å². The minimum atomic E-state index is 0.441. The van der Waals surface area contributed by atoms with Crippen molar-refractivity contribution in [2.24, 2.45) is 0 Å². The SMILES string of the molecule is CC1OCCC1SCCCc1ccc(N)cc1. The van der Waals surface area contributed by atoms with Crippen LogP contribution in [0.1, 0.15) is 25.3 Å². The molecule has 1 heterocycles. The fraction of sp³-hybridized carbons (Fsp3) is 0.571. The molecule has 0 radical (unpaired) electrons. The van der Waals surface area contributed by atoms with Gasteiger partial charge in [0.25, 0.3) is 0 Å². The topological polar surface area (TPSA) is 35.2 Å². The van der Waals surface area contributed by atoms with Crippen molar-refractivity contribution < 1.29 is 4.74 Å². The van der Waals surface area contributed by atoms with E-state index in [2.05, 4.69) is 30.8 Å². The van der Waals surface area contributed by atoms with Crippen LogP contribution in [-0.4, -0.2) is 23.7 Å². The molecular formula is C14H21NOS. The summed E-state index contributed by atoms with van der Waals surface area (Å²) in [6.45, 7) is 3.13. The number of nitrogen functional groups attached to an aromatic ring is 1. The molecular weight excluding hydrogens is 230 g/mol. The summed E-state index contributed by atoms with van der Waals surface area (Å²) in [5.74, 6) is 1.22. The second kappa shape index (κ2) is 6.31. The summed E-state index contributed by atoms with van der Waals surface area (Å²) < 4.78 is 5.56. The second-order valence-corrected chi connectivity index (χ2v) is 5.97. The standard InChI is InChI=1S/C14H21NOS/c1-11-14(8-9-16-11)17-10-2-3-12-4-6-13(15)7-5-12/h4-7,11,14H,2-3,8-10,15H2,1H3. The number of hydrogen-bond acceptors (Lipinski definition) is 3. The molecule has 94 valence electrons. The largest absolute Gasteiger partial charge is 0.399 e. The van der Waals surface area contributed by atoms with Crippen LogP contribution < -0.4 is 5.73 Å². The Morgan fingerprint density at radius 3 is 2.76 bits per heavy atom. The molecule has 17 heavy (non-hydrogen) atoms. The number of benzene rings is 1. The van der Waals surface area contributed by atoms with E-state index >= 15 is 0 Å². The van der Waals surface area contributed by atoms with E-state index in [0.717, 1.165) is 18.7 Å². The normalized spacial score (nSPS) is 24.1. The van der Waals surface area contributed by atoms with Gasteiger partial charge in [-0.3, -0.25) is 0 Å². The molecule has 1 aromatic carbocycles. The van der Waals surface area contributed by atoms with Gasteiger partial charge in [0.15, 0.2) is 0 Å². The minimum absolute atomic E-state index is 0.441. The molecule has 0 amide bonds. The van der Waals surface area contributed by atoms with Gasteiger partial charge in [-0.2, -0.15) is 11.8 Å². The Morgan fingerprint density at radius 1 is 1.35 bits per heavy atom. The van der Waals surface area contributed by atoms with E-state index in [1.54, 1.807) is 0 Å². The summed E-state index contributed by atoms with van der Waals surface area (Å²) in [5.41, 5.74) is 7.89. The molecule has 0 aromatic heterocycles. The number of hydrogen-bond donors (Lipinski definition) is 1. The molecule has 1 fully saturated rings. The Labute approximate surface area is 108 Å². The van der Waals surface area contributed by atoms with Gasteiger partial charge in [0.05, 0.1) is 6.10 Å². The van der Waals surface area contributed by atoms with E-state index in [-0.39, 0.29) is 0 Å². The van der Waals surface area contributed by atoms with Crippen LogP contribution in [0, 0.1) is 0 Å². The maximum Gasteiger partial charge on any atom is 0.0666 e. The van der Waals surface area contributed by atoms with Gasteiger partial charge < -0.3 is 10.5 Å². The predicted molar refractivity (Wildman–Crippen MR) is 75.5 cm³/mol. The number of anilines is 1. The lowest BCUT2D eigenvalue weighted by Gasteiger charge is -2.13. The molecule has 0 spiro atoms. The molecule has 0 bridgehead atoms. The van der Waals surface area contributed by atoms with Crippen LogP contribution >= 0.6 is 11.8 Å². The lowest BCUT2D eigenvalue weighted by Crippen LogP contribution is -2.13. The predicted octanol–water partition coefficient (Wildman–Crippen LogP) is 3.11. The van der Waals surface area contributed by atoms with Crippen molar-refractivity contribution in [3.05, 3.63) is 29.8 Å². The van der Waals surface area contributed by atoms with Gasteiger partial charge in [0.1, 0.15) is 0 Å². The van der Waals surface area contributed by atoms with Crippen LogP contribution in [0.15, 0.2) is 24.3 Å². The van der Waals surface area contributed by atoms with E-state index in [4.69, 9.17) is 10.5 Å². The zero-order valence-electron chi connectivity index (χ0n) is 10.4. The van der Waals surface area contributed by atoms with Crippen LogP contribution in [-0.2, 0) is 11.2 Å². The number of aryl methyl sites for hydroxylation is 1. The Bertz CT molecular complexity index is 339.